The first-order chi connectivity index (χ1) is 19.0. The summed E-state index contributed by atoms with van der Waals surface area (Å²) in [5.74, 6) is -0.337. The molecular formula is C29H33Cl2N7O. The number of benzene rings is 1. The number of nitrogens with one attached hydrogen (secondary N) is 2. The first-order valence-electron chi connectivity index (χ1n) is 12.9. The summed E-state index contributed by atoms with van der Waals surface area (Å²) >= 11 is 12.3. The van der Waals surface area contributed by atoms with Gasteiger partial charge in [0.25, 0.3) is 5.91 Å². The van der Waals surface area contributed by atoms with Crippen LogP contribution in [0.2, 0.25) is 10.0 Å². The Hall–Kier alpha value is -3.30. The molecule has 39 heavy (non-hydrogen) atoms. The molecule has 1 amide bonds. The molecule has 10 heteroatoms. The van der Waals surface area contributed by atoms with Gasteiger partial charge in [-0.1, -0.05) is 60.1 Å². The van der Waals surface area contributed by atoms with Crippen LogP contribution in [0.15, 0.2) is 72.3 Å². The van der Waals surface area contributed by atoms with E-state index in [0.29, 0.717) is 18.8 Å². The van der Waals surface area contributed by atoms with Gasteiger partial charge in [0, 0.05) is 57.0 Å². The average molecular weight is 567 g/mol. The van der Waals surface area contributed by atoms with E-state index in [-0.39, 0.29) is 27.6 Å². The van der Waals surface area contributed by atoms with E-state index in [9.17, 15) is 4.79 Å². The monoisotopic (exact) mass is 565 g/mol. The van der Waals surface area contributed by atoms with E-state index in [0.717, 1.165) is 55.7 Å². The second kappa shape index (κ2) is 14.2. The van der Waals surface area contributed by atoms with Crippen molar-refractivity contribution in [1.29, 1.82) is 0 Å². The highest BCUT2D eigenvalue weighted by Crippen LogP contribution is 2.33. The van der Waals surface area contributed by atoms with E-state index < -0.39 is 0 Å². The van der Waals surface area contributed by atoms with Crippen LogP contribution < -0.4 is 16.4 Å². The van der Waals surface area contributed by atoms with Crippen LogP contribution in [0.4, 0.5) is 0 Å². The molecule has 2 aromatic heterocycles. The Bertz CT molecular complexity index is 1310. The van der Waals surface area contributed by atoms with Crippen LogP contribution in [0.3, 0.4) is 0 Å². The molecule has 1 unspecified atom stereocenters. The molecule has 3 aromatic rings. The van der Waals surface area contributed by atoms with Gasteiger partial charge in [0.05, 0.1) is 33.7 Å². The van der Waals surface area contributed by atoms with Gasteiger partial charge in [-0.3, -0.25) is 19.7 Å². The van der Waals surface area contributed by atoms with Crippen molar-refractivity contribution in [1.82, 2.24) is 25.5 Å². The Balaban J connectivity index is 1.46. The largest absolute Gasteiger partial charge is 0.390 e. The van der Waals surface area contributed by atoms with Gasteiger partial charge in [-0.15, -0.1) is 0 Å². The van der Waals surface area contributed by atoms with Crippen LogP contribution in [-0.4, -0.2) is 46.7 Å². The minimum Gasteiger partial charge on any atom is -0.390 e. The molecular weight excluding hydrogens is 533 g/mol. The van der Waals surface area contributed by atoms with Crippen molar-refractivity contribution in [3.8, 4) is 0 Å². The zero-order valence-electron chi connectivity index (χ0n) is 21.7. The maximum atomic E-state index is 12.7. The molecule has 4 N–H and O–H groups in total. The molecule has 1 aromatic carbocycles. The maximum Gasteiger partial charge on any atom is 0.254 e. The molecule has 204 valence electrons. The molecule has 0 saturated heterocycles. The van der Waals surface area contributed by atoms with Crippen molar-refractivity contribution in [2.75, 3.05) is 19.6 Å². The number of hydrogen-bond acceptors (Lipinski definition) is 6. The van der Waals surface area contributed by atoms with Gasteiger partial charge >= 0.3 is 0 Å². The molecule has 0 radical (unpaired) electrons. The van der Waals surface area contributed by atoms with Crippen LogP contribution in [0.5, 0.6) is 0 Å². The van der Waals surface area contributed by atoms with E-state index in [1.807, 2.05) is 24.4 Å². The molecule has 1 atom stereocenters. The van der Waals surface area contributed by atoms with Gasteiger partial charge in [0.1, 0.15) is 0 Å². The first kappa shape index (κ1) is 28.7. The van der Waals surface area contributed by atoms with Crippen LogP contribution in [0, 0.1) is 0 Å². The average Bonchev–Trinajstić information content (AvgIpc) is 2.93. The number of amides is 1. The molecule has 8 nitrogen and oxygen atoms in total. The predicted octanol–water partition coefficient (Wildman–Crippen LogP) is 4.68. The maximum absolute atomic E-state index is 12.7. The van der Waals surface area contributed by atoms with Gasteiger partial charge in [-0.25, -0.2) is 4.99 Å². The number of pyridine rings is 2. The molecule has 1 aliphatic carbocycles. The Morgan fingerprint density at radius 1 is 1.21 bits per heavy atom. The highest BCUT2D eigenvalue weighted by molar-refractivity contribution is 6.39. The number of aliphatic imine (C=N–C) groups is 1. The summed E-state index contributed by atoms with van der Waals surface area (Å²) in [5, 5.41) is 6.77. The summed E-state index contributed by atoms with van der Waals surface area (Å²) < 4.78 is 0. The lowest BCUT2D eigenvalue weighted by Crippen LogP contribution is -2.37. The number of fused-ring (bicyclic) bond motifs is 1. The Morgan fingerprint density at radius 3 is 2.79 bits per heavy atom. The summed E-state index contributed by atoms with van der Waals surface area (Å²) in [6, 6.07) is 12.7. The fraction of sp³-hybridized carbons (Fsp3) is 0.310. The summed E-state index contributed by atoms with van der Waals surface area (Å²) in [5.41, 5.74) is 10.9. The zero-order chi connectivity index (χ0) is 27.6. The normalized spacial score (nSPS) is 14.9. The third kappa shape index (κ3) is 7.86. The van der Waals surface area contributed by atoms with Gasteiger partial charge in [-0.05, 0) is 42.0 Å². The number of nitrogens with two attached hydrogens (primary N) is 1. The van der Waals surface area contributed by atoms with E-state index >= 15 is 0 Å². The van der Waals surface area contributed by atoms with Crippen molar-refractivity contribution in [2.24, 2.45) is 10.7 Å². The molecule has 0 aliphatic heterocycles. The molecule has 0 fully saturated rings. The number of carbonyl (C=O) groups is 1. The number of carbonyl (C=O) groups excluding carboxylic acids is 1. The van der Waals surface area contributed by atoms with Crippen molar-refractivity contribution in [3.05, 3.63) is 105 Å². The van der Waals surface area contributed by atoms with Crippen molar-refractivity contribution in [2.45, 2.75) is 38.4 Å². The number of nitrogens with zero attached hydrogens (tertiary/aromatic N) is 4. The van der Waals surface area contributed by atoms with Crippen LogP contribution in [0.1, 0.15) is 51.6 Å². The lowest BCUT2D eigenvalue weighted by atomic mass is 9.90. The second-order valence-electron chi connectivity index (χ2n) is 9.43. The third-order valence-corrected chi connectivity index (χ3v) is 7.25. The standard InChI is InChI=1S/C29H33Cl2N7O/c1-20(37-19-32)14-33-11-12-38(26-9-3-7-23-8-4-10-35-28(23)26)18-22-6-2-5-21(13-22)15-36-29(39)27-24(30)16-34-17-25(27)31/h2,4-6,8,10,13,16-17,19,26,33H,1,3,7,9,11-12,14-15,18H2,(H2,32,37)(H,36,39). The third-order valence-electron chi connectivity index (χ3n) is 6.68. The Morgan fingerprint density at radius 2 is 2.00 bits per heavy atom. The van der Waals surface area contributed by atoms with Crippen LogP contribution in [0.25, 0.3) is 0 Å². The van der Waals surface area contributed by atoms with Crippen molar-refractivity contribution < 1.29 is 4.79 Å². The van der Waals surface area contributed by atoms with Crippen LogP contribution >= 0.6 is 23.2 Å². The number of aromatic nitrogens is 2. The number of rotatable bonds is 12. The molecule has 0 bridgehead atoms. The summed E-state index contributed by atoms with van der Waals surface area (Å²) in [6.07, 6.45) is 9.20. The van der Waals surface area contributed by atoms with Gasteiger partial charge in [0.15, 0.2) is 0 Å². The summed E-state index contributed by atoms with van der Waals surface area (Å²) in [4.78, 5) is 27.9. The fourth-order valence-corrected chi connectivity index (χ4v) is 5.40. The van der Waals surface area contributed by atoms with Crippen molar-refractivity contribution in [3.63, 3.8) is 0 Å². The Labute approximate surface area is 239 Å². The number of halogens is 2. The van der Waals surface area contributed by atoms with E-state index in [1.54, 1.807) is 0 Å². The molecule has 2 heterocycles. The lowest BCUT2D eigenvalue weighted by Gasteiger charge is -2.35. The van der Waals surface area contributed by atoms with E-state index in [4.69, 9.17) is 33.9 Å². The van der Waals surface area contributed by atoms with Crippen LogP contribution in [-0.2, 0) is 19.5 Å². The number of hydrogen-bond donors (Lipinski definition) is 3. The smallest absolute Gasteiger partial charge is 0.254 e. The fourth-order valence-electron chi connectivity index (χ4n) is 4.86. The Kier molecular flexibility index (Phi) is 10.4. The second-order valence-corrected chi connectivity index (χ2v) is 10.2. The highest BCUT2D eigenvalue weighted by Gasteiger charge is 2.27. The lowest BCUT2D eigenvalue weighted by molar-refractivity contribution is 0.0951. The minimum atomic E-state index is -0.337. The number of aryl methyl sites for hydroxylation is 1. The summed E-state index contributed by atoms with van der Waals surface area (Å²) in [6.45, 7) is 7.15. The molecule has 4 rings (SSSR count). The zero-order valence-corrected chi connectivity index (χ0v) is 23.3. The van der Waals surface area contributed by atoms with Gasteiger partial charge < -0.3 is 16.4 Å². The van der Waals surface area contributed by atoms with Gasteiger partial charge in [-0.2, -0.15) is 0 Å². The molecule has 1 aliphatic rings. The van der Waals surface area contributed by atoms with Crippen molar-refractivity contribution >= 4 is 35.4 Å². The van der Waals surface area contributed by atoms with E-state index in [2.05, 4.69) is 50.3 Å². The SMILES string of the molecule is C=C(CNCCN(Cc1cccc(CNC(=O)c2c(Cl)cncc2Cl)c1)C1CCCc2cccnc21)N=CN. The van der Waals surface area contributed by atoms with E-state index in [1.165, 1.54) is 24.3 Å². The first-order valence-corrected chi connectivity index (χ1v) is 13.7. The quantitative estimate of drug-likeness (QED) is 0.167. The topological polar surface area (TPSA) is 109 Å². The minimum absolute atomic E-state index is 0.220. The highest BCUT2D eigenvalue weighted by atomic mass is 35.5. The predicted molar refractivity (Wildman–Crippen MR) is 157 cm³/mol. The molecule has 0 spiro atoms. The summed E-state index contributed by atoms with van der Waals surface area (Å²) in [7, 11) is 0. The molecule has 0 saturated carbocycles. The van der Waals surface area contributed by atoms with Gasteiger partial charge in [0.2, 0.25) is 0 Å².